The Bertz CT molecular complexity index is 945. The third-order valence-corrected chi connectivity index (χ3v) is 4.87. The van der Waals surface area contributed by atoms with Gasteiger partial charge in [0.25, 0.3) is 5.69 Å². The number of halogens is 1. The van der Waals surface area contributed by atoms with Crippen LogP contribution in [0, 0.1) is 29.9 Å². The zero-order valence-electron chi connectivity index (χ0n) is 14.9. The van der Waals surface area contributed by atoms with Gasteiger partial charge in [-0.15, -0.1) is 0 Å². The zero-order valence-corrected chi connectivity index (χ0v) is 15.6. The van der Waals surface area contributed by atoms with Gasteiger partial charge in [-0.25, -0.2) is 0 Å². The van der Waals surface area contributed by atoms with Crippen molar-refractivity contribution >= 4 is 40.5 Å². The molecule has 1 unspecified atom stereocenters. The van der Waals surface area contributed by atoms with Crippen molar-refractivity contribution < 1.29 is 14.5 Å². The molecule has 27 heavy (non-hydrogen) atoms. The lowest BCUT2D eigenvalue weighted by Crippen LogP contribution is -2.28. The minimum absolute atomic E-state index is 0.00457. The number of aryl methyl sites for hydroxylation is 2. The second-order valence-corrected chi connectivity index (χ2v) is 7.02. The second kappa shape index (κ2) is 7.36. The maximum atomic E-state index is 12.5. The van der Waals surface area contributed by atoms with Gasteiger partial charge in [-0.05, 0) is 37.6 Å². The standard InChI is InChI=1S/C19H18ClN3O4/c1-11-3-6-16(12(2)7-11)22-10-13(8-18(22)24)19(25)21-14-4-5-15(20)17(9-14)23(26)27/h3-7,9,13H,8,10H2,1-2H3,(H,21,25). The summed E-state index contributed by atoms with van der Waals surface area (Å²) in [5.74, 6) is -1.01. The number of nitro groups is 1. The van der Waals surface area contributed by atoms with E-state index in [0.717, 1.165) is 16.8 Å². The van der Waals surface area contributed by atoms with E-state index in [4.69, 9.17) is 11.6 Å². The molecule has 0 saturated carbocycles. The fourth-order valence-corrected chi connectivity index (χ4v) is 3.39. The van der Waals surface area contributed by atoms with Gasteiger partial charge in [0.05, 0.1) is 10.8 Å². The van der Waals surface area contributed by atoms with Crippen molar-refractivity contribution in [2.75, 3.05) is 16.8 Å². The van der Waals surface area contributed by atoms with Crippen molar-refractivity contribution in [3.8, 4) is 0 Å². The summed E-state index contributed by atoms with van der Waals surface area (Å²) in [6.07, 6.45) is 0.0921. The average molecular weight is 388 g/mol. The highest BCUT2D eigenvalue weighted by atomic mass is 35.5. The Labute approximate surface area is 161 Å². The number of benzene rings is 2. The summed E-state index contributed by atoms with van der Waals surface area (Å²) in [6, 6.07) is 9.85. The van der Waals surface area contributed by atoms with Gasteiger partial charge >= 0.3 is 0 Å². The summed E-state index contributed by atoms with van der Waals surface area (Å²) in [4.78, 5) is 36.9. The van der Waals surface area contributed by atoms with Crippen LogP contribution in [0.15, 0.2) is 36.4 Å². The first-order chi connectivity index (χ1) is 12.8. The second-order valence-electron chi connectivity index (χ2n) is 6.61. The van der Waals surface area contributed by atoms with Crippen LogP contribution in [-0.2, 0) is 9.59 Å². The Morgan fingerprint density at radius 2 is 2.00 bits per heavy atom. The molecule has 0 aromatic heterocycles. The number of hydrogen-bond acceptors (Lipinski definition) is 4. The summed E-state index contributed by atoms with van der Waals surface area (Å²) in [7, 11) is 0. The molecule has 7 nitrogen and oxygen atoms in total. The highest BCUT2D eigenvalue weighted by Gasteiger charge is 2.35. The first-order valence-corrected chi connectivity index (χ1v) is 8.76. The van der Waals surface area contributed by atoms with Crippen LogP contribution in [0.2, 0.25) is 5.02 Å². The molecule has 1 aliphatic heterocycles. The number of nitrogens with one attached hydrogen (secondary N) is 1. The van der Waals surface area contributed by atoms with E-state index >= 15 is 0 Å². The lowest BCUT2D eigenvalue weighted by atomic mass is 10.1. The van der Waals surface area contributed by atoms with Crippen molar-refractivity contribution in [2.24, 2.45) is 5.92 Å². The predicted octanol–water partition coefficient (Wildman–Crippen LogP) is 3.86. The van der Waals surface area contributed by atoms with Crippen LogP contribution in [0.25, 0.3) is 0 Å². The summed E-state index contributed by atoms with van der Waals surface area (Å²) in [5.41, 5.74) is 2.85. The topological polar surface area (TPSA) is 92.6 Å². The molecule has 2 aromatic carbocycles. The lowest BCUT2D eigenvalue weighted by molar-refractivity contribution is -0.384. The third-order valence-electron chi connectivity index (χ3n) is 4.55. The van der Waals surface area contributed by atoms with Crippen molar-refractivity contribution in [3.63, 3.8) is 0 Å². The predicted molar refractivity (Wildman–Crippen MR) is 103 cm³/mol. The maximum absolute atomic E-state index is 12.5. The van der Waals surface area contributed by atoms with Crippen LogP contribution in [0.3, 0.4) is 0 Å². The summed E-state index contributed by atoms with van der Waals surface area (Å²) >= 11 is 5.78. The van der Waals surface area contributed by atoms with Gasteiger partial charge in [0, 0.05) is 30.4 Å². The van der Waals surface area contributed by atoms with E-state index < -0.39 is 10.8 Å². The molecule has 1 N–H and O–H groups in total. The van der Waals surface area contributed by atoms with Crippen LogP contribution < -0.4 is 10.2 Å². The minimum Gasteiger partial charge on any atom is -0.326 e. The Morgan fingerprint density at radius 1 is 1.26 bits per heavy atom. The summed E-state index contributed by atoms with van der Waals surface area (Å²) in [5, 5.41) is 13.6. The molecule has 0 bridgehead atoms. The number of nitrogens with zero attached hydrogens (tertiary/aromatic N) is 2. The monoisotopic (exact) mass is 387 g/mol. The first-order valence-electron chi connectivity index (χ1n) is 8.38. The smallest absolute Gasteiger partial charge is 0.289 e. The molecule has 0 aliphatic carbocycles. The third kappa shape index (κ3) is 3.93. The molecular weight excluding hydrogens is 370 g/mol. The van der Waals surface area contributed by atoms with Gasteiger partial charge in [0.15, 0.2) is 0 Å². The molecular formula is C19H18ClN3O4. The number of anilines is 2. The van der Waals surface area contributed by atoms with Gasteiger partial charge in [-0.3, -0.25) is 19.7 Å². The summed E-state index contributed by atoms with van der Waals surface area (Å²) < 4.78 is 0. The first kappa shape index (κ1) is 18.8. The van der Waals surface area contributed by atoms with Crippen molar-refractivity contribution in [2.45, 2.75) is 20.3 Å². The molecule has 140 valence electrons. The molecule has 2 aromatic rings. The van der Waals surface area contributed by atoms with Gasteiger partial charge < -0.3 is 10.2 Å². The molecule has 1 aliphatic rings. The molecule has 1 saturated heterocycles. The van der Waals surface area contributed by atoms with Gasteiger partial charge in [-0.1, -0.05) is 29.3 Å². The van der Waals surface area contributed by atoms with E-state index in [9.17, 15) is 19.7 Å². The Balaban J connectivity index is 1.74. The Kier molecular flexibility index (Phi) is 5.14. The fourth-order valence-electron chi connectivity index (χ4n) is 3.20. The Morgan fingerprint density at radius 3 is 2.67 bits per heavy atom. The summed E-state index contributed by atoms with van der Waals surface area (Å²) in [6.45, 7) is 4.17. The van der Waals surface area contributed by atoms with E-state index in [1.165, 1.54) is 18.2 Å². The molecule has 2 amide bonds. The normalized spacial score (nSPS) is 16.5. The zero-order chi connectivity index (χ0) is 19.7. The van der Waals surface area contributed by atoms with E-state index in [1.54, 1.807) is 4.90 Å². The van der Waals surface area contributed by atoms with Gasteiger partial charge in [0.2, 0.25) is 11.8 Å². The van der Waals surface area contributed by atoms with Crippen LogP contribution in [0.4, 0.5) is 17.1 Å². The van der Waals surface area contributed by atoms with Crippen LogP contribution in [0.5, 0.6) is 0 Å². The molecule has 8 heteroatoms. The Hall–Kier alpha value is -2.93. The molecule has 0 spiro atoms. The molecule has 1 fully saturated rings. The SMILES string of the molecule is Cc1ccc(N2CC(C(=O)Nc3ccc(Cl)c([N+](=O)[O-])c3)CC2=O)c(C)c1. The fraction of sp³-hybridized carbons (Fsp3) is 0.263. The molecule has 0 radical (unpaired) electrons. The van der Waals surface area contributed by atoms with Crippen molar-refractivity contribution in [3.05, 3.63) is 62.7 Å². The minimum atomic E-state index is -0.612. The number of rotatable bonds is 4. The maximum Gasteiger partial charge on any atom is 0.289 e. The number of hydrogen-bond donors (Lipinski definition) is 1. The van der Waals surface area contributed by atoms with E-state index in [0.29, 0.717) is 0 Å². The number of carbonyl (C=O) groups is 2. The van der Waals surface area contributed by atoms with Crippen LogP contribution >= 0.6 is 11.6 Å². The molecule has 1 heterocycles. The number of amides is 2. The van der Waals surface area contributed by atoms with Crippen LogP contribution in [0.1, 0.15) is 17.5 Å². The molecule has 1 atom stereocenters. The average Bonchev–Trinajstić information content (AvgIpc) is 2.98. The van der Waals surface area contributed by atoms with E-state index in [2.05, 4.69) is 5.32 Å². The van der Waals surface area contributed by atoms with Crippen molar-refractivity contribution in [1.82, 2.24) is 0 Å². The number of nitro benzene ring substituents is 1. The van der Waals surface area contributed by atoms with Gasteiger partial charge in [0.1, 0.15) is 5.02 Å². The van der Waals surface area contributed by atoms with Crippen molar-refractivity contribution in [1.29, 1.82) is 0 Å². The lowest BCUT2D eigenvalue weighted by Gasteiger charge is -2.19. The van der Waals surface area contributed by atoms with E-state index in [1.807, 2.05) is 32.0 Å². The quantitative estimate of drug-likeness (QED) is 0.636. The van der Waals surface area contributed by atoms with E-state index in [-0.39, 0.29) is 41.2 Å². The number of carbonyl (C=O) groups excluding carboxylic acids is 2. The highest BCUT2D eigenvalue weighted by molar-refractivity contribution is 6.32. The molecule has 3 rings (SSSR count). The van der Waals surface area contributed by atoms with Crippen LogP contribution in [-0.4, -0.2) is 23.3 Å². The highest BCUT2D eigenvalue weighted by Crippen LogP contribution is 2.31. The largest absolute Gasteiger partial charge is 0.326 e. The van der Waals surface area contributed by atoms with Gasteiger partial charge in [-0.2, -0.15) is 0 Å².